The third-order valence-corrected chi connectivity index (χ3v) is 2.12. The second-order valence-corrected chi connectivity index (χ2v) is 3.49. The Balaban J connectivity index is 3.33. The molecule has 1 rings (SSSR count). The number of rotatable bonds is 3. The van der Waals surface area contributed by atoms with E-state index in [1.165, 1.54) is 12.1 Å². The topological polar surface area (TPSA) is 80.4 Å². The summed E-state index contributed by atoms with van der Waals surface area (Å²) in [5.74, 6) is -1.15. The maximum absolute atomic E-state index is 10.7. The molecule has 0 atom stereocenters. The zero-order chi connectivity index (χ0) is 11.6. The van der Waals surface area contributed by atoms with Crippen molar-refractivity contribution >= 4 is 11.7 Å². The van der Waals surface area contributed by atoms with Crippen LogP contribution in [0.25, 0.3) is 0 Å². The van der Waals surface area contributed by atoms with Crippen LogP contribution in [-0.4, -0.2) is 16.0 Å². The minimum Gasteiger partial charge on any atom is -0.477 e. The molecule has 0 aliphatic heterocycles. The van der Waals surface area contributed by atoms with Crippen molar-refractivity contribution in [3.63, 3.8) is 0 Å². The van der Waals surface area contributed by atoms with Gasteiger partial charge in [0, 0.05) is 6.07 Å². The van der Waals surface area contributed by atoms with Gasteiger partial charge in [-0.1, -0.05) is 19.9 Å². The maximum atomic E-state index is 10.7. The molecule has 0 bridgehead atoms. The Bertz CT molecular complexity index is 412. The molecule has 0 fully saturated rings. The largest absolute Gasteiger partial charge is 0.477 e. The molecular formula is C10H11NO4. The summed E-state index contributed by atoms with van der Waals surface area (Å²) < 4.78 is 0. The number of hydrogen-bond acceptors (Lipinski definition) is 3. The van der Waals surface area contributed by atoms with Gasteiger partial charge in [-0.15, -0.1) is 0 Å². The fourth-order valence-electron chi connectivity index (χ4n) is 1.24. The molecule has 0 aliphatic rings. The van der Waals surface area contributed by atoms with Crippen LogP contribution in [0, 0.1) is 10.1 Å². The van der Waals surface area contributed by atoms with Crippen LogP contribution in [0.2, 0.25) is 0 Å². The third-order valence-electron chi connectivity index (χ3n) is 2.12. The molecule has 0 radical (unpaired) electrons. The summed E-state index contributed by atoms with van der Waals surface area (Å²) in [4.78, 5) is 20.7. The van der Waals surface area contributed by atoms with Crippen molar-refractivity contribution in [2.24, 2.45) is 0 Å². The van der Waals surface area contributed by atoms with Crippen LogP contribution in [0.1, 0.15) is 35.7 Å². The Labute approximate surface area is 86.5 Å². The van der Waals surface area contributed by atoms with Crippen LogP contribution >= 0.6 is 0 Å². The summed E-state index contributed by atoms with van der Waals surface area (Å²) in [7, 11) is 0. The van der Waals surface area contributed by atoms with E-state index < -0.39 is 10.9 Å². The van der Waals surface area contributed by atoms with E-state index in [1.807, 2.05) is 13.8 Å². The number of benzene rings is 1. The molecule has 15 heavy (non-hydrogen) atoms. The minimum absolute atomic E-state index is 0.131. The molecule has 0 saturated heterocycles. The van der Waals surface area contributed by atoms with Gasteiger partial charge in [0.05, 0.1) is 4.92 Å². The van der Waals surface area contributed by atoms with Gasteiger partial charge in [0.1, 0.15) is 5.56 Å². The monoisotopic (exact) mass is 209 g/mol. The first-order valence-corrected chi connectivity index (χ1v) is 4.45. The van der Waals surface area contributed by atoms with Crippen molar-refractivity contribution in [1.82, 2.24) is 0 Å². The Morgan fingerprint density at radius 1 is 1.47 bits per heavy atom. The quantitative estimate of drug-likeness (QED) is 0.612. The van der Waals surface area contributed by atoms with Crippen molar-refractivity contribution < 1.29 is 14.8 Å². The van der Waals surface area contributed by atoms with Crippen LogP contribution in [-0.2, 0) is 0 Å². The first kappa shape index (κ1) is 11.2. The molecule has 0 amide bonds. The highest BCUT2D eigenvalue weighted by molar-refractivity contribution is 5.92. The van der Waals surface area contributed by atoms with E-state index in [2.05, 4.69) is 0 Å². The van der Waals surface area contributed by atoms with Crippen LogP contribution < -0.4 is 0 Å². The van der Waals surface area contributed by atoms with Crippen LogP contribution in [0.5, 0.6) is 0 Å². The van der Waals surface area contributed by atoms with Crippen LogP contribution in [0.15, 0.2) is 18.2 Å². The molecule has 1 aromatic carbocycles. The Morgan fingerprint density at radius 2 is 2.07 bits per heavy atom. The van der Waals surface area contributed by atoms with Crippen molar-refractivity contribution in [3.05, 3.63) is 39.4 Å². The van der Waals surface area contributed by atoms with Crippen molar-refractivity contribution in [1.29, 1.82) is 0 Å². The lowest BCUT2D eigenvalue weighted by Gasteiger charge is -2.05. The summed E-state index contributed by atoms with van der Waals surface area (Å²) >= 11 is 0. The highest BCUT2D eigenvalue weighted by atomic mass is 16.6. The number of carboxylic acids is 1. The minimum atomic E-state index is -1.28. The Hall–Kier alpha value is -1.91. The molecular weight excluding hydrogens is 198 g/mol. The van der Waals surface area contributed by atoms with E-state index in [1.54, 1.807) is 6.07 Å². The van der Waals surface area contributed by atoms with Gasteiger partial charge in [0.2, 0.25) is 0 Å². The van der Waals surface area contributed by atoms with E-state index in [4.69, 9.17) is 5.11 Å². The second kappa shape index (κ2) is 4.08. The first-order valence-electron chi connectivity index (χ1n) is 4.45. The third kappa shape index (κ3) is 2.31. The molecule has 0 unspecified atom stereocenters. The van der Waals surface area contributed by atoms with Gasteiger partial charge in [-0.2, -0.15) is 0 Å². The van der Waals surface area contributed by atoms with E-state index in [0.717, 1.165) is 5.56 Å². The molecule has 0 aliphatic carbocycles. The number of carbonyl (C=O) groups is 1. The average molecular weight is 209 g/mol. The molecule has 80 valence electrons. The smallest absolute Gasteiger partial charge is 0.342 e. The van der Waals surface area contributed by atoms with Gasteiger partial charge < -0.3 is 5.11 Å². The van der Waals surface area contributed by atoms with Gasteiger partial charge in [0.15, 0.2) is 0 Å². The van der Waals surface area contributed by atoms with Gasteiger partial charge >= 0.3 is 5.97 Å². The molecule has 5 nitrogen and oxygen atoms in total. The number of nitrogens with zero attached hydrogens (tertiary/aromatic N) is 1. The van der Waals surface area contributed by atoms with Gasteiger partial charge in [-0.3, -0.25) is 10.1 Å². The van der Waals surface area contributed by atoms with Gasteiger partial charge in [0.25, 0.3) is 5.69 Å². The maximum Gasteiger partial charge on any atom is 0.342 e. The predicted molar refractivity (Wildman–Crippen MR) is 54.1 cm³/mol. The molecule has 0 saturated carbocycles. The fraction of sp³-hybridized carbons (Fsp3) is 0.300. The SMILES string of the molecule is CC(C)c1ccc(C(=O)O)c([N+](=O)[O-])c1. The first-order chi connectivity index (χ1) is 6.93. The van der Waals surface area contributed by atoms with Crippen molar-refractivity contribution in [2.75, 3.05) is 0 Å². The molecule has 5 heteroatoms. The average Bonchev–Trinajstić information content (AvgIpc) is 2.16. The highest BCUT2D eigenvalue weighted by Crippen LogP contribution is 2.24. The summed E-state index contributed by atoms with van der Waals surface area (Å²) in [6.45, 7) is 3.78. The summed E-state index contributed by atoms with van der Waals surface area (Å²) in [5.41, 5.74) is 0.129. The second-order valence-electron chi connectivity index (χ2n) is 3.49. The van der Waals surface area contributed by atoms with Crippen molar-refractivity contribution in [3.8, 4) is 0 Å². The standard InChI is InChI=1S/C10H11NO4/c1-6(2)7-3-4-8(10(12)13)9(5-7)11(14)15/h3-6H,1-2H3,(H,12,13). The predicted octanol–water partition coefficient (Wildman–Crippen LogP) is 2.42. The van der Waals surface area contributed by atoms with E-state index in [0.29, 0.717) is 0 Å². The van der Waals surface area contributed by atoms with E-state index in [9.17, 15) is 14.9 Å². The zero-order valence-corrected chi connectivity index (χ0v) is 8.43. The molecule has 0 spiro atoms. The van der Waals surface area contributed by atoms with Crippen molar-refractivity contribution in [2.45, 2.75) is 19.8 Å². The Kier molecular flexibility index (Phi) is 3.04. The number of nitro benzene ring substituents is 1. The van der Waals surface area contributed by atoms with E-state index >= 15 is 0 Å². The number of hydrogen-bond donors (Lipinski definition) is 1. The molecule has 0 heterocycles. The Morgan fingerprint density at radius 3 is 2.47 bits per heavy atom. The van der Waals surface area contributed by atoms with Crippen LogP contribution in [0.3, 0.4) is 0 Å². The molecule has 0 aromatic heterocycles. The van der Waals surface area contributed by atoms with Crippen LogP contribution in [0.4, 0.5) is 5.69 Å². The van der Waals surface area contributed by atoms with Gasteiger partial charge in [-0.25, -0.2) is 4.79 Å². The lowest BCUT2D eigenvalue weighted by molar-refractivity contribution is -0.385. The zero-order valence-electron chi connectivity index (χ0n) is 8.43. The number of aromatic carboxylic acids is 1. The summed E-state index contributed by atoms with van der Waals surface area (Å²) in [6, 6.07) is 4.19. The van der Waals surface area contributed by atoms with E-state index in [-0.39, 0.29) is 17.2 Å². The van der Waals surface area contributed by atoms with Gasteiger partial charge in [-0.05, 0) is 17.5 Å². The number of carboxylic acid groups (broad SMARTS) is 1. The normalized spacial score (nSPS) is 10.3. The molecule has 1 aromatic rings. The summed E-state index contributed by atoms with van der Waals surface area (Å²) in [5, 5.41) is 19.4. The summed E-state index contributed by atoms with van der Waals surface area (Å²) in [6.07, 6.45) is 0. The molecule has 1 N–H and O–H groups in total. The number of nitro groups is 1. The lowest BCUT2D eigenvalue weighted by atomic mass is 10.0. The highest BCUT2D eigenvalue weighted by Gasteiger charge is 2.20. The lowest BCUT2D eigenvalue weighted by Crippen LogP contribution is -2.03. The fourth-order valence-corrected chi connectivity index (χ4v) is 1.24.